The Balaban J connectivity index is 2.78. The number of likely N-dealkylation sites (tertiary alicyclic amines) is 1. The lowest BCUT2D eigenvalue weighted by Crippen LogP contribution is -2.58. The first-order chi connectivity index (χ1) is 7.77. The van der Waals surface area contributed by atoms with Crippen molar-refractivity contribution >= 4 is 0 Å². The number of rotatable bonds is 3. The molecule has 1 aliphatic rings. The van der Waals surface area contributed by atoms with E-state index in [0.717, 1.165) is 6.42 Å². The lowest BCUT2D eigenvalue weighted by atomic mass is 9.87. The monoisotopic (exact) mass is 252 g/mol. The lowest BCUT2D eigenvalue weighted by Gasteiger charge is -2.42. The van der Waals surface area contributed by atoms with Crippen LogP contribution in [0.25, 0.3) is 0 Å². The molecule has 0 aromatic heterocycles. The molecule has 102 valence electrons. The number of halogens is 3. The summed E-state index contributed by atoms with van der Waals surface area (Å²) >= 11 is 0. The molecule has 0 amide bonds. The smallest absolute Gasteiger partial charge is 0.326 e. The number of nitrogens with zero attached hydrogens (tertiary/aromatic N) is 1. The number of hydrogen-bond acceptors (Lipinski definition) is 2. The van der Waals surface area contributed by atoms with Crippen molar-refractivity contribution in [1.82, 2.24) is 4.90 Å². The third-order valence-electron chi connectivity index (χ3n) is 3.97. The van der Waals surface area contributed by atoms with E-state index in [0.29, 0.717) is 31.3 Å². The molecule has 0 aromatic carbocycles. The molecule has 1 heterocycles. The van der Waals surface area contributed by atoms with Crippen LogP contribution in [-0.2, 0) is 0 Å². The van der Waals surface area contributed by atoms with E-state index in [4.69, 9.17) is 5.73 Å². The summed E-state index contributed by atoms with van der Waals surface area (Å²) in [7, 11) is 0. The first kappa shape index (κ1) is 14.8. The zero-order valence-electron chi connectivity index (χ0n) is 10.8. The summed E-state index contributed by atoms with van der Waals surface area (Å²) in [4.78, 5) is 1.53. The van der Waals surface area contributed by atoms with Gasteiger partial charge in [-0.25, -0.2) is 0 Å². The van der Waals surface area contributed by atoms with Gasteiger partial charge < -0.3 is 5.73 Å². The fraction of sp³-hybridized carbons (Fsp3) is 1.00. The number of nitrogens with two attached hydrogens (primary N) is 1. The Morgan fingerprint density at radius 2 is 1.88 bits per heavy atom. The first-order valence-corrected chi connectivity index (χ1v) is 6.33. The Kier molecular flexibility index (Phi) is 4.84. The molecule has 1 fully saturated rings. The lowest BCUT2D eigenvalue weighted by molar-refractivity contribution is -0.194. The van der Waals surface area contributed by atoms with Gasteiger partial charge in [0.15, 0.2) is 0 Å². The summed E-state index contributed by atoms with van der Waals surface area (Å²) < 4.78 is 39.1. The molecule has 0 saturated carbocycles. The maximum atomic E-state index is 13.0. The predicted octanol–water partition coefficient (Wildman–Crippen LogP) is 2.63. The summed E-state index contributed by atoms with van der Waals surface area (Å²) in [5, 5.41) is 0. The van der Waals surface area contributed by atoms with Gasteiger partial charge in [-0.3, -0.25) is 4.90 Å². The van der Waals surface area contributed by atoms with E-state index >= 15 is 0 Å². The van der Waals surface area contributed by atoms with Gasteiger partial charge in [0.05, 0.1) is 0 Å². The third kappa shape index (κ3) is 3.58. The fourth-order valence-corrected chi connectivity index (χ4v) is 2.49. The van der Waals surface area contributed by atoms with Gasteiger partial charge >= 0.3 is 6.18 Å². The van der Waals surface area contributed by atoms with Crippen molar-refractivity contribution in [2.24, 2.45) is 17.6 Å². The van der Waals surface area contributed by atoms with Crippen LogP contribution in [0.1, 0.15) is 33.6 Å². The van der Waals surface area contributed by atoms with Crippen LogP contribution in [-0.4, -0.2) is 36.2 Å². The molecule has 0 aliphatic carbocycles. The normalized spacial score (nSPS) is 31.2. The number of piperidine rings is 1. The van der Waals surface area contributed by atoms with E-state index in [9.17, 15) is 13.2 Å². The molecule has 2 N–H and O–H groups in total. The SMILES string of the molecule is CCC(N)C(N1CCC(C)C(C)C1)C(F)(F)F. The zero-order valence-corrected chi connectivity index (χ0v) is 10.8. The van der Waals surface area contributed by atoms with Crippen molar-refractivity contribution in [2.75, 3.05) is 13.1 Å². The molecule has 1 aliphatic heterocycles. The van der Waals surface area contributed by atoms with Gasteiger partial charge in [0.25, 0.3) is 0 Å². The van der Waals surface area contributed by atoms with Crippen molar-refractivity contribution in [2.45, 2.75) is 51.9 Å². The number of alkyl halides is 3. The van der Waals surface area contributed by atoms with E-state index in [1.54, 1.807) is 6.92 Å². The van der Waals surface area contributed by atoms with Gasteiger partial charge in [0.2, 0.25) is 0 Å². The largest absolute Gasteiger partial charge is 0.405 e. The average Bonchev–Trinajstić information content (AvgIpc) is 2.21. The van der Waals surface area contributed by atoms with Crippen molar-refractivity contribution in [3.8, 4) is 0 Å². The van der Waals surface area contributed by atoms with Crippen LogP contribution < -0.4 is 5.73 Å². The second kappa shape index (κ2) is 5.57. The molecule has 0 radical (unpaired) electrons. The van der Waals surface area contributed by atoms with Crippen LogP contribution in [0.15, 0.2) is 0 Å². The van der Waals surface area contributed by atoms with Crippen molar-refractivity contribution in [1.29, 1.82) is 0 Å². The van der Waals surface area contributed by atoms with Crippen LogP contribution in [0.4, 0.5) is 13.2 Å². The van der Waals surface area contributed by atoms with Crippen molar-refractivity contribution in [3.05, 3.63) is 0 Å². The molecule has 0 aromatic rings. The quantitative estimate of drug-likeness (QED) is 0.836. The Bertz CT molecular complexity index is 242. The second-order valence-corrected chi connectivity index (χ2v) is 5.30. The maximum absolute atomic E-state index is 13.0. The predicted molar refractivity (Wildman–Crippen MR) is 62.6 cm³/mol. The molecule has 17 heavy (non-hydrogen) atoms. The minimum absolute atomic E-state index is 0.303. The van der Waals surface area contributed by atoms with Gasteiger partial charge in [-0.2, -0.15) is 13.2 Å². The van der Waals surface area contributed by atoms with E-state index in [1.165, 1.54) is 4.90 Å². The molecule has 0 bridgehead atoms. The summed E-state index contributed by atoms with van der Waals surface area (Å²) in [6, 6.07) is -2.31. The van der Waals surface area contributed by atoms with E-state index in [-0.39, 0.29) is 0 Å². The Labute approximate surface area is 101 Å². The standard InChI is InChI=1S/C12H23F3N2/c1-4-10(16)11(12(13,14)15)17-6-5-8(2)9(3)7-17/h8-11H,4-7,16H2,1-3H3. The van der Waals surface area contributed by atoms with Crippen LogP contribution in [0.2, 0.25) is 0 Å². The van der Waals surface area contributed by atoms with Gasteiger partial charge in [-0.05, 0) is 31.2 Å². The molecule has 4 atom stereocenters. The molecule has 0 spiro atoms. The van der Waals surface area contributed by atoms with E-state index in [2.05, 4.69) is 6.92 Å². The highest BCUT2D eigenvalue weighted by Crippen LogP contribution is 2.32. The van der Waals surface area contributed by atoms with E-state index in [1.807, 2.05) is 6.92 Å². The van der Waals surface area contributed by atoms with Crippen molar-refractivity contribution in [3.63, 3.8) is 0 Å². The minimum atomic E-state index is -4.23. The fourth-order valence-electron chi connectivity index (χ4n) is 2.49. The molecule has 2 nitrogen and oxygen atoms in total. The maximum Gasteiger partial charge on any atom is 0.405 e. The van der Waals surface area contributed by atoms with Crippen LogP contribution >= 0.6 is 0 Å². The zero-order chi connectivity index (χ0) is 13.2. The van der Waals surface area contributed by atoms with Crippen LogP contribution in [0.3, 0.4) is 0 Å². The molecular formula is C12H23F3N2. The number of hydrogen-bond donors (Lipinski definition) is 1. The molecule has 4 unspecified atom stereocenters. The highest BCUT2D eigenvalue weighted by molar-refractivity contribution is 4.90. The van der Waals surface area contributed by atoms with Gasteiger partial charge in [-0.15, -0.1) is 0 Å². The van der Waals surface area contributed by atoms with Gasteiger partial charge in [-0.1, -0.05) is 20.8 Å². The summed E-state index contributed by atoms with van der Waals surface area (Å²) in [6.07, 6.45) is -3.05. The van der Waals surface area contributed by atoms with Gasteiger partial charge in [0, 0.05) is 12.6 Å². The summed E-state index contributed by atoms with van der Waals surface area (Å²) in [6.45, 7) is 6.83. The average molecular weight is 252 g/mol. The topological polar surface area (TPSA) is 29.3 Å². The van der Waals surface area contributed by atoms with Crippen LogP contribution in [0.5, 0.6) is 0 Å². The molecule has 5 heteroatoms. The Morgan fingerprint density at radius 1 is 1.29 bits per heavy atom. The Morgan fingerprint density at radius 3 is 2.29 bits per heavy atom. The molecule has 1 saturated heterocycles. The van der Waals surface area contributed by atoms with E-state index < -0.39 is 18.3 Å². The molecule has 1 rings (SSSR count). The highest BCUT2D eigenvalue weighted by Gasteiger charge is 2.47. The van der Waals surface area contributed by atoms with Crippen molar-refractivity contribution < 1.29 is 13.2 Å². The summed E-state index contributed by atoms with van der Waals surface area (Å²) in [5.41, 5.74) is 5.65. The summed E-state index contributed by atoms with van der Waals surface area (Å²) in [5.74, 6) is 0.802. The van der Waals surface area contributed by atoms with Crippen LogP contribution in [0, 0.1) is 11.8 Å². The molecular weight excluding hydrogens is 229 g/mol. The Hall–Kier alpha value is -0.290. The first-order valence-electron chi connectivity index (χ1n) is 6.33. The third-order valence-corrected chi connectivity index (χ3v) is 3.97. The van der Waals surface area contributed by atoms with Gasteiger partial charge in [0.1, 0.15) is 6.04 Å². The second-order valence-electron chi connectivity index (χ2n) is 5.30. The highest BCUT2D eigenvalue weighted by atomic mass is 19.4. The minimum Gasteiger partial charge on any atom is -0.326 e.